The maximum absolute atomic E-state index is 12.1. The summed E-state index contributed by atoms with van der Waals surface area (Å²) in [7, 11) is 0. The molecule has 0 spiro atoms. The van der Waals surface area contributed by atoms with Gasteiger partial charge in [-0.3, -0.25) is 9.78 Å². The SMILES string of the molecule is CCCN(CCC)c1ccc(C(=O)NCc2ccncc2)nc1. The molecular formula is C18H24N4O. The number of hydrogen-bond donors (Lipinski definition) is 1. The largest absolute Gasteiger partial charge is 0.370 e. The monoisotopic (exact) mass is 312 g/mol. The molecule has 0 bridgehead atoms. The molecule has 0 atom stereocenters. The number of pyridine rings is 2. The van der Waals surface area contributed by atoms with Gasteiger partial charge >= 0.3 is 0 Å². The summed E-state index contributed by atoms with van der Waals surface area (Å²) in [5, 5.41) is 2.87. The summed E-state index contributed by atoms with van der Waals surface area (Å²) in [6.45, 7) is 6.81. The van der Waals surface area contributed by atoms with E-state index in [1.165, 1.54) is 0 Å². The van der Waals surface area contributed by atoms with Crippen molar-refractivity contribution in [3.8, 4) is 0 Å². The molecule has 5 nitrogen and oxygen atoms in total. The van der Waals surface area contributed by atoms with Crippen molar-refractivity contribution in [3.05, 3.63) is 54.1 Å². The van der Waals surface area contributed by atoms with Crippen LogP contribution in [-0.2, 0) is 6.54 Å². The molecule has 122 valence electrons. The highest BCUT2D eigenvalue weighted by molar-refractivity contribution is 5.92. The molecule has 0 fully saturated rings. The van der Waals surface area contributed by atoms with Crippen molar-refractivity contribution in [2.24, 2.45) is 0 Å². The summed E-state index contributed by atoms with van der Waals surface area (Å²) < 4.78 is 0. The summed E-state index contributed by atoms with van der Waals surface area (Å²) in [6, 6.07) is 7.52. The van der Waals surface area contributed by atoms with Crippen molar-refractivity contribution in [1.29, 1.82) is 0 Å². The molecule has 0 radical (unpaired) electrons. The van der Waals surface area contributed by atoms with Crippen LogP contribution in [0, 0.1) is 0 Å². The molecule has 2 heterocycles. The standard InChI is InChI=1S/C18H24N4O/c1-3-11-22(12-4-2)16-5-6-17(20-14-16)18(23)21-13-15-7-9-19-10-8-15/h5-10,14H,3-4,11-13H2,1-2H3,(H,21,23). The van der Waals surface area contributed by atoms with Gasteiger partial charge in [0.05, 0.1) is 11.9 Å². The Morgan fingerprint density at radius 2 is 1.78 bits per heavy atom. The van der Waals surface area contributed by atoms with E-state index >= 15 is 0 Å². The van der Waals surface area contributed by atoms with Gasteiger partial charge in [-0.1, -0.05) is 13.8 Å². The Kier molecular flexibility index (Phi) is 6.54. The molecule has 0 saturated carbocycles. The first-order chi connectivity index (χ1) is 11.2. The second kappa shape index (κ2) is 8.88. The first-order valence-electron chi connectivity index (χ1n) is 8.12. The van der Waals surface area contributed by atoms with E-state index in [0.29, 0.717) is 12.2 Å². The highest BCUT2D eigenvalue weighted by atomic mass is 16.1. The van der Waals surface area contributed by atoms with Crippen LogP contribution in [0.2, 0.25) is 0 Å². The van der Waals surface area contributed by atoms with Gasteiger partial charge in [-0.15, -0.1) is 0 Å². The molecule has 1 N–H and O–H groups in total. The fourth-order valence-electron chi connectivity index (χ4n) is 2.39. The Balaban J connectivity index is 1.96. The molecule has 0 aliphatic heterocycles. The fourth-order valence-corrected chi connectivity index (χ4v) is 2.39. The van der Waals surface area contributed by atoms with E-state index < -0.39 is 0 Å². The van der Waals surface area contributed by atoms with Gasteiger partial charge in [0, 0.05) is 32.0 Å². The highest BCUT2D eigenvalue weighted by Gasteiger charge is 2.09. The van der Waals surface area contributed by atoms with E-state index in [0.717, 1.165) is 37.2 Å². The van der Waals surface area contributed by atoms with Crippen molar-refractivity contribution in [1.82, 2.24) is 15.3 Å². The Labute approximate surface area is 137 Å². The zero-order valence-electron chi connectivity index (χ0n) is 13.8. The van der Waals surface area contributed by atoms with Crippen LogP contribution in [0.25, 0.3) is 0 Å². The van der Waals surface area contributed by atoms with Crippen molar-refractivity contribution in [2.45, 2.75) is 33.2 Å². The van der Waals surface area contributed by atoms with Crippen LogP contribution in [0.3, 0.4) is 0 Å². The normalized spacial score (nSPS) is 10.3. The summed E-state index contributed by atoms with van der Waals surface area (Å²) >= 11 is 0. The molecule has 0 aliphatic rings. The number of rotatable bonds is 8. The molecule has 2 aromatic heterocycles. The van der Waals surface area contributed by atoms with Crippen LogP contribution in [0.15, 0.2) is 42.9 Å². The maximum atomic E-state index is 12.1. The van der Waals surface area contributed by atoms with E-state index in [9.17, 15) is 4.79 Å². The van der Waals surface area contributed by atoms with Crippen LogP contribution in [-0.4, -0.2) is 29.0 Å². The zero-order valence-corrected chi connectivity index (χ0v) is 13.8. The minimum Gasteiger partial charge on any atom is -0.370 e. The fraction of sp³-hybridized carbons (Fsp3) is 0.389. The molecule has 0 unspecified atom stereocenters. The van der Waals surface area contributed by atoms with Crippen molar-refractivity contribution in [3.63, 3.8) is 0 Å². The van der Waals surface area contributed by atoms with Gasteiger partial charge in [-0.05, 0) is 42.7 Å². The second-order valence-corrected chi connectivity index (χ2v) is 5.43. The third kappa shape index (κ3) is 5.06. The second-order valence-electron chi connectivity index (χ2n) is 5.43. The minimum absolute atomic E-state index is 0.161. The Morgan fingerprint density at radius 3 is 2.35 bits per heavy atom. The van der Waals surface area contributed by atoms with Gasteiger partial charge in [-0.25, -0.2) is 4.98 Å². The average molecular weight is 312 g/mol. The number of nitrogens with zero attached hydrogens (tertiary/aromatic N) is 3. The lowest BCUT2D eigenvalue weighted by atomic mass is 10.2. The van der Waals surface area contributed by atoms with Gasteiger partial charge in [0.25, 0.3) is 5.91 Å². The van der Waals surface area contributed by atoms with Crippen LogP contribution < -0.4 is 10.2 Å². The predicted octanol–water partition coefficient (Wildman–Crippen LogP) is 3.03. The van der Waals surface area contributed by atoms with E-state index in [1.807, 2.05) is 18.2 Å². The summed E-state index contributed by atoms with van der Waals surface area (Å²) in [5.41, 5.74) is 2.53. The van der Waals surface area contributed by atoms with Crippen LogP contribution in [0.5, 0.6) is 0 Å². The molecule has 0 aliphatic carbocycles. The number of hydrogen-bond acceptors (Lipinski definition) is 4. The van der Waals surface area contributed by atoms with E-state index in [4.69, 9.17) is 0 Å². The van der Waals surface area contributed by atoms with Gasteiger partial charge in [0.15, 0.2) is 0 Å². The van der Waals surface area contributed by atoms with Crippen molar-refractivity contribution in [2.75, 3.05) is 18.0 Å². The van der Waals surface area contributed by atoms with Crippen LogP contribution >= 0.6 is 0 Å². The number of nitrogens with one attached hydrogen (secondary N) is 1. The molecular weight excluding hydrogens is 288 g/mol. The minimum atomic E-state index is -0.161. The van der Waals surface area contributed by atoms with Crippen LogP contribution in [0.1, 0.15) is 42.7 Å². The predicted molar refractivity (Wildman–Crippen MR) is 92.4 cm³/mol. The lowest BCUT2D eigenvalue weighted by Gasteiger charge is -2.23. The molecule has 23 heavy (non-hydrogen) atoms. The van der Waals surface area contributed by atoms with Crippen LogP contribution in [0.4, 0.5) is 5.69 Å². The number of aromatic nitrogens is 2. The third-order valence-electron chi connectivity index (χ3n) is 3.54. The van der Waals surface area contributed by atoms with Crippen molar-refractivity contribution >= 4 is 11.6 Å². The molecule has 1 amide bonds. The van der Waals surface area contributed by atoms with Gasteiger partial charge in [-0.2, -0.15) is 0 Å². The maximum Gasteiger partial charge on any atom is 0.270 e. The Hall–Kier alpha value is -2.43. The summed E-state index contributed by atoms with van der Waals surface area (Å²) in [6.07, 6.45) is 7.39. The number of carbonyl (C=O) groups excluding carboxylic acids is 1. The lowest BCUT2D eigenvalue weighted by Crippen LogP contribution is -2.26. The molecule has 2 aromatic rings. The smallest absolute Gasteiger partial charge is 0.270 e. The van der Waals surface area contributed by atoms with Crippen molar-refractivity contribution < 1.29 is 4.79 Å². The van der Waals surface area contributed by atoms with E-state index in [1.54, 1.807) is 24.7 Å². The Bertz CT molecular complexity index is 592. The van der Waals surface area contributed by atoms with E-state index in [2.05, 4.69) is 34.0 Å². The average Bonchev–Trinajstić information content (AvgIpc) is 2.60. The lowest BCUT2D eigenvalue weighted by molar-refractivity contribution is 0.0946. The third-order valence-corrected chi connectivity index (χ3v) is 3.54. The molecule has 2 rings (SSSR count). The summed E-state index contributed by atoms with van der Waals surface area (Å²) in [4.78, 5) is 22.7. The molecule has 0 saturated heterocycles. The number of carbonyl (C=O) groups is 1. The molecule has 5 heteroatoms. The number of anilines is 1. The Morgan fingerprint density at radius 1 is 1.09 bits per heavy atom. The summed E-state index contributed by atoms with van der Waals surface area (Å²) in [5.74, 6) is -0.161. The first-order valence-corrected chi connectivity index (χ1v) is 8.12. The molecule has 0 aromatic carbocycles. The first kappa shape index (κ1) is 16.9. The highest BCUT2D eigenvalue weighted by Crippen LogP contribution is 2.14. The number of amides is 1. The topological polar surface area (TPSA) is 58.1 Å². The van der Waals surface area contributed by atoms with Gasteiger partial charge < -0.3 is 10.2 Å². The zero-order chi connectivity index (χ0) is 16.5. The van der Waals surface area contributed by atoms with Gasteiger partial charge in [0.2, 0.25) is 0 Å². The van der Waals surface area contributed by atoms with E-state index in [-0.39, 0.29) is 5.91 Å². The van der Waals surface area contributed by atoms with Gasteiger partial charge in [0.1, 0.15) is 5.69 Å². The quantitative estimate of drug-likeness (QED) is 0.814.